The molecule has 0 bridgehead atoms. The predicted molar refractivity (Wildman–Crippen MR) is 75.0 cm³/mol. The Morgan fingerprint density at radius 3 is 2.26 bits per heavy atom. The minimum absolute atomic E-state index is 0.672. The van der Waals surface area contributed by atoms with Crippen molar-refractivity contribution in [2.45, 2.75) is 37.6 Å². The molecule has 0 saturated heterocycles. The summed E-state index contributed by atoms with van der Waals surface area (Å²) in [6.45, 7) is 7.72. The van der Waals surface area contributed by atoms with Crippen molar-refractivity contribution >= 4 is 11.8 Å². The second-order valence-electron chi connectivity index (χ2n) is 4.19. The monoisotopic (exact) mass is 275 g/mol. The number of rotatable bonds is 5. The third-order valence-corrected chi connectivity index (χ3v) is 3.16. The molecule has 100 valence electrons. The van der Waals surface area contributed by atoms with Crippen LogP contribution in [0.3, 0.4) is 0 Å². The Hall–Kier alpha value is -1.53. The lowest BCUT2D eigenvalue weighted by Crippen LogP contribution is -2.12. The Morgan fingerprint density at radius 2 is 1.68 bits per heavy atom. The van der Waals surface area contributed by atoms with Gasteiger partial charge < -0.3 is 5.32 Å². The molecular formula is C13H17N5S. The summed E-state index contributed by atoms with van der Waals surface area (Å²) in [4.78, 5) is 17.4. The lowest BCUT2D eigenvalue weighted by atomic mass is 10.3. The number of nitrogens with one attached hydrogen (secondary N) is 1. The molecule has 0 atom stereocenters. The van der Waals surface area contributed by atoms with Gasteiger partial charge in [0.05, 0.1) is 0 Å². The third kappa shape index (κ3) is 4.25. The minimum atomic E-state index is 0.672. The molecule has 1 N–H and O–H groups in total. The van der Waals surface area contributed by atoms with Crippen LogP contribution in [0.1, 0.15) is 23.9 Å². The molecule has 0 aliphatic carbocycles. The van der Waals surface area contributed by atoms with E-state index in [1.54, 1.807) is 0 Å². The molecule has 0 aromatic carbocycles. The standard InChI is InChI=1S/C13H17N5S/c1-4-14-6-11-7-15-12(16-8-11)19-13-17-9(2)5-10(3)18-13/h5,7-8,14H,4,6H2,1-3H3. The maximum absolute atomic E-state index is 4.36. The van der Waals surface area contributed by atoms with Crippen molar-refractivity contribution in [3.63, 3.8) is 0 Å². The van der Waals surface area contributed by atoms with Gasteiger partial charge in [-0.1, -0.05) is 6.92 Å². The summed E-state index contributed by atoms with van der Waals surface area (Å²) in [5.74, 6) is 0. The third-order valence-electron chi connectivity index (χ3n) is 2.41. The van der Waals surface area contributed by atoms with E-state index < -0.39 is 0 Å². The summed E-state index contributed by atoms with van der Waals surface area (Å²) in [5.41, 5.74) is 2.99. The second-order valence-corrected chi connectivity index (χ2v) is 5.12. The van der Waals surface area contributed by atoms with Gasteiger partial charge in [0, 0.05) is 35.9 Å². The van der Waals surface area contributed by atoms with E-state index >= 15 is 0 Å². The summed E-state index contributed by atoms with van der Waals surface area (Å²) < 4.78 is 0. The first-order chi connectivity index (χ1) is 9.17. The van der Waals surface area contributed by atoms with Crippen molar-refractivity contribution in [2.24, 2.45) is 0 Å². The molecule has 19 heavy (non-hydrogen) atoms. The number of aryl methyl sites for hydroxylation is 2. The highest BCUT2D eigenvalue weighted by molar-refractivity contribution is 7.99. The zero-order valence-electron chi connectivity index (χ0n) is 11.3. The molecule has 6 heteroatoms. The van der Waals surface area contributed by atoms with Crippen LogP contribution in [0.15, 0.2) is 28.8 Å². The lowest BCUT2D eigenvalue weighted by molar-refractivity contribution is 0.716. The molecule has 5 nitrogen and oxygen atoms in total. The molecule has 0 unspecified atom stereocenters. The van der Waals surface area contributed by atoms with Gasteiger partial charge in [0.15, 0.2) is 10.3 Å². The molecule has 0 spiro atoms. The summed E-state index contributed by atoms with van der Waals surface area (Å²) in [6, 6.07) is 1.95. The van der Waals surface area contributed by atoms with E-state index in [1.165, 1.54) is 11.8 Å². The van der Waals surface area contributed by atoms with E-state index in [1.807, 2.05) is 32.3 Å². The fraction of sp³-hybridized carbons (Fsp3) is 0.385. The molecule has 2 aromatic heterocycles. The molecule has 2 heterocycles. The van der Waals surface area contributed by atoms with Gasteiger partial charge in [-0.05, 0) is 38.2 Å². The number of hydrogen-bond donors (Lipinski definition) is 1. The first-order valence-corrected chi connectivity index (χ1v) is 7.01. The van der Waals surface area contributed by atoms with Crippen LogP contribution >= 0.6 is 11.8 Å². The lowest BCUT2D eigenvalue weighted by Gasteiger charge is -2.03. The van der Waals surface area contributed by atoms with Crippen molar-refractivity contribution in [1.82, 2.24) is 25.3 Å². The van der Waals surface area contributed by atoms with Gasteiger partial charge in [-0.3, -0.25) is 0 Å². The van der Waals surface area contributed by atoms with Crippen molar-refractivity contribution in [3.05, 3.63) is 35.4 Å². The molecule has 0 aliphatic heterocycles. The van der Waals surface area contributed by atoms with Gasteiger partial charge in [-0.25, -0.2) is 19.9 Å². The maximum Gasteiger partial charge on any atom is 0.195 e. The highest BCUT2D eigenvalue weighted by Gasteiger charge is 2.05. The maximum atomic E-state index is 4.36. The molecule has 2 aromatic rings. The zero-order chi connectivity index (χ0) is 13.7. The van der Waals surface area contributed by atoms with Crippen LogP contribution in [0.5, 0.6) is 0 Å². The number of nitrogens with zero attached hydrogens (tertiary/aromatic N) is 4. The largest absolute Gasteiger partial charge is 0.313 e. The summed E-state index contributed by atoms with van der Waals surface area (Å²) >= 11 is 1.38. The van der Waals surface area contributed by atoms with Gasteiger partial charge >= 0.3 is 0 Å². The van der Waals surface area contributed by atoms with E-state index in [0.29, 0.717) is 10.3 Å². The van der Waals surface area contributed by atoms with Gasteiger partial charge in [-0.2, -0.15) is 0 Å². The molecule has 0 fully saturated rings. The van der Waals surface area contributed by atoms with Crippen LogP contribution in [0, 0.1) is 13.8 Å². The fourth-order valence-electron chi connectivity index (χ4n) is 1.58. The smallest absolute Gasteiger partial charge is 0.195 e. The fourth-order valence-corrected chi connectivity index (χ4v) is 2.33. The van der Waals surface area contributed by atoms with Crippen molar-refractivity contribution in [2.75, 3.05) is 6.54 Å². The molecule has 0 saturated carbocycles. The normalized spacial score (nSPS) is 10.7. The molecule has 0 aliphatic rings. The van der Waals surface area contributed by atoms with Crippen LogP contribution in [-0.2, 0) is 6.54 Å². The van der Waals surface area contributed by atoms with E-state index in [9.17, 15) is 0 Å². The quantitative estimate of drug-likeness (QED) is 0.844. The van der Waals surface area contributed by atoms with E-state index in [0.717, 1.165) is 30.0 Å². The second kappa shape index (κ2) is 6.58. The first-order valence-electron chi connectivity index (χ1n) is 6.19. The van der Waals surface area contributed by atoms with E-state index in [2.05, 4.69) is 32.2 Å². The van der Waals surface area contributed by atoms with Gasteiger partial charge in [0.2, 0.25) is 0 Å². The highest BCUT2D eigenvalue weighted by Crippen LogP contribution is 2.20. The van der Waals surface area contributed by atoms with Gasteiger partial charge in [0.1, 0.15) is 0 Å². The van der Waals surface area contributed by atoms with Crippen molar-refractivity contribution in [3.8, 4) is 0 Å². The molecule has 0 amide bonds. The SMILES string of the molecule is CCNCc1cnc(Sc2nc(C)cc(C)n2)nc1. The van der Waals surface area contributed by atoms with Gasteiger partial charge in [-0.15, -0.1) is 0 Å². The number of hydrogen-bond acceptors (Lipinski definition) is 6. The average Bonchev–Trinajstić information content (AvgIpc) is 2.37. The van der Waals surface area contributed by atoms with E-state index in [-0.39, 0.29) is 0 Å². The van der Waals surface area contributed by atoms with Crippen molar-refractivity contribution < 1.29 is 0 Å². The van der Waals surface area contributed by atoms with E-state index in [4.69, 9.17) is 0 Å². The summed E-state index contributed by atoms with van der Waals surface area (Å²) in [7, 11) is 0. The Balaban J connectivity index is 2.06. The zero-order valence-corrected chi connectivity index (χ0v) is 12.2. The average molecular weight is 275 g/mol. The molecule has 0 radical (unpaired) electrons. The van der Waals surface area contributed by atoms with Crippen LogP contribution in [-0.4, -0.2) is 26.5 Å². The minimum Gasteiger partial charge on any atom is -0.313 e. The molecule has 2 rings (SSSR count). The van der Waals surface area contributed by atoms with Gasteiger partial charge in [0.25, 0.3) is 0 Å². The van der Waals surface area contributed by atoms with Crippen LogP contribution in [0.25, 0.3) is 0 Å². The van der Waals surface area contributed by atoms with Crippen LogP contribution in [0.4, 0.5) is 0 Å². The number of aromatic nitrogens is 4. The topological polar surface area (TPSA) is 63.6 Å². The van der Waals surface area contributed by atoms with Crippen molar-refractivity contribution in [1.29, 1.82) is 0 Å². The molecular weight excluding hydrogens is 258 g/mol. The summed E-state index contributed by atoms with van der Waals surface area (Å²) in [5, 5.41) is 4.60. The van der Waals surface area contributed by atoms with Crippen LogP contribution < -0.4 is 5.32 Å². The Bertz CT molecular complexity index is 521. The predicted octanol–water partition coefficient (Wildman–Crippen LogP) is 2.14. The Morgan fingerprint density at radius 1 is 1.05 bits per heavy atom. The Kier molecular flexibility index (Phi) is 4.81. The summed E-state index contributed by atoms with van der Waals surface area (Å²) in [6.07, 6.45) is 3.67. The van der Waals surface area contributed by atoms with Crippen LogP contribution in [0.2, 0.25) is 0 Å². The highest BCUT2D eigenvalue weighted by atomic mass is 32.2. The first kappa shape index (κ1) is 13.9. The Labute approximate surface area is 117 Å².